The monoisotopic (exact) mass is 353 g/mol. The molecule has 0 spiro atoms. The first-order valence-electron chi connectivity index (χ1n) is 8.55. The van der Waals surface area contributed by atoms with Gasteiger partial charge < -0.3 is 4.74 Å². The van der Waals surface area contributed by atoms with E-state index in [2.05, 4.69) is 65.0 Å². The van der Waals surface area contributed by atoms with E-state index in [9.17, 15) is 0 Å². The van der Waals surface area contributed by atoms with Crippen molar-refractivity contribution in [2.45, 2.75) is 37.6 Å². The molecule has 130 valence electrons. The molecule has 0 aliphatic carbocycles. The number of hydrogen-bond acceptors (Lipinski definition) is 4. The molecule has 0 aliphatic rings. The number of ether oxygens (including phenoxy) is 1. The molecule has 0 amide bonds. The van der Waals surface area contributed by atoms with Crippen molar-refractivity contribution >= 4 is 11.8 Å². The van der Waals surface area contributed by atoms with Crippen LogP contribution in [0.1, 0.15) is 32.2 Å². The molecular weight excluding hydrogens is 330 g/mol. The maximum Gasteiger partial charge on any atom is 0.196 e. The van der Waals surface area contributed by atoms with Crippen molar-refractivity contribution in [3.8, 4) is 11.4 Å². The normalized spacial score (nSPS) is 11.0. The third kappa shape index (κ3) is 4.42. The summed E-state index contributed by atoms with van der Waals surface area (Å²) in [6, 6.07) is 18.5. The fourth-order valence-corrected chi connectivity index (χ4v) is 3.42. The lowest BCUT2D eigenvalue weighted by atomic mass is 10.1. The first kappa shape index (κ1) is 17.5. The first-order chi connectivity index (χ1) is 12.2. The smallest absolute Gasteiger partial charge is 0.196 e. The minimum atomic E-state index is 0.440. The number of benzene rings is 2. The van der Waals surface area contributed by atoms with E-state index >= 15 is 0 Å². The van der Waals surface area contributed by atoms with Gasteiger partial charge in [0.15, 0.2) is 5.16 Å². The van der Waals surface area contributed by atoms with Crippen LogP contribution in [0.3, 0.4) is 0 Å². The van der Waals surface area contributed by atoms with Crippen LogP contribution in [0.25, 0.3) is 5.69 Å². The maximum atomic E-state index is 5.55. The molecule has 0 N–H and O–H groups in total. The van der Waals surface area contributed by atoms with Crippen LogP contribution in [0.5, 0.6) is 5.75 Å². The van der Waals surface area contributed by atoms with Crippen molar-refractivity contribution in [2.75, 3.05) is 6.61 Å². The predicted octanol–water partition coefficient (Wildman–Crippen LogP) is 4.76. The summed E-state index contributed by atoms with van der Waals surface area (Å²) in [6.45, 7) is 6.99. The Morgan fingerprint density at radius 1 is 1.00 bits per heavy atom. The summed E-state index contributed by atoms with van der Waals surface area (Å²) in [5.41, 5.74) is 2.28. The molecule has 0 fully saturated rings. The molecule has 0 atom stereocenters. The Morgan fingerprint density at radius 2 is 1.72 bits per heavy atom. The highest BCUT2D eigenvalue weighted by Crippen LogP contribution is 2.27. The Hall–Kier alpha value is -2.27. The average Bonchev–Trinajstić information content (AvgIpc) is 2.98. The minimum Gasteiger partial charge on any atom is -0.494 e. The topological polar surface area (TPSA) is 39.9 Å². The number of hydrogen-bond donors (Lipinski definition) is 0. The minimum absolute atomic E-state index is 0.440. The average molecular weight is 353 g/mol. The van der Waals surface area contributed by atoms with Crippen LogP contribution < -0.4 is 4.74 Å². The van der Waals surface area contributed by atoms with Gasteiger partial charge in [0.25, 0.3) is 0 Å². The number of nitrogens with zero attached hydrogens (tertiary/aromatic N) is 3. The second-order valence-electron chi connectivity index (χ2n) is 5.99. The molecule has 3 aromatic rings. The molecule has 1 aromatic heterocycles. The number of thioether (sulfide) groups is 1. The van der Waals surface area contributed by atoms with Gasteiger partial charge in [-0.3, -0.25) is 4.57 Å². The lowest BCUT2D eigenvalue weighted by molar-refractivity contribution is 0.340. The van der Waals surface area contributed by atoms with E-state index in [4.69, 9.17) is 4.74 Å². The zero-order valence-electron chi connectivity index (χ0n) is 14.8. The summed E-state index contributed by atoms with van der Waals surface area (Å²) in [5, 5.41) is 10.3. The van der Waals surface area contributed by atoms with Gasteiger partial charge in [0.05, 0.1) is 6.61 Å². The fraction of sp³-hybridized carbons (Fsp3) is 0.300. The van der Waals surface area contributed by atoms with Crippen LogP contribution in [-0.4, -0.2) is 26.6 Å². The Kier molecular flexibility index (Phi) is 5.76. The molecule has 0 radical (unpaired) electrons. The Labute approximate surface area is 153 Å². The van der Waals surface area contributed by atoms with Gasteiger partial charge in [-0.1, -0.05) is 55.9 Å². The highest BCUT2D eigenvalue weighted by molar-refractivity contribution is 7.99. The molecule has 2 aromatic carbocycles. The van der Waals surface area contributed by atoms with E-state index in [1.54, 1.807) is 11.8 Å². The van der Waals surface area contributed by atoms with Gasteiger partial charge in [0.2, 0.25) is 0 Å². The van der Waals surface area contributed by atoms with Crippen molar-refractivity contribution in [1.82, 2.24) is 14.8 Å². The highest BCUT2D eigenvalue weighted by Gasteiger charge is 2.16. The Balaban J connectivity index is 1.97. The van der Waals surface area contributed by atoms with Crippen molar-refractivity contribution < 1.29 is 4.74 Å². The van der Waals surface area contributed by atoms with Crippen molar-refractivity contribution in [2.24, 2.45) is 0 Å². The Morgan fingerprint density at radius 3 is 2.36 bits per heavy atom. The second-order valence-corrected chi connectivity index (χ2v) is 7.53. The van der Waals surface area contributed by atoms with Crippen LogP contribution in [-0.2, 0) is 6.42 Å². The van der Waals surface area contributed by atoms with Gasteiger partial charge in [-0.2, -0.15) is 0 Å². The van der Waals surface area contributed by atoms with E-state index in [1.807, 2.05) is 25.1 Å². The first-order valence-corrected chi connectivity index (χ1v) is 9.43. The molecule has 0 saturated heterocycles. The lowest BCUT2D eigenvalue weighted by Crippen LogP contribution is -2.05. The van der Waals surface area contributed by atoms with E-state index in [-0.39, 0.29) is 0 Å². The van der Waals surface area contributed by atoms with Gasteiger partial charge in [0.1, 0.15) is 11.6 Å². The molecule has 0 unspecified atom stereocenters. The summed E-state index contributed by atoms with van der Waals surface area (Å²) < 4.78 is 7.70. The zero-order chi connectivity index (χ0) is 17.6. The predicted molar refractivity (Wildman–Crippen MR) is 103 cm³/mol. The fourth-order valence-electron chi connectivity index (χ4n) is 2.60. The molecular formula is C20H23N3OS. The van der Waals surface area contributed by atoms with Gasteiger partial charge in [-0.15, -0.1) is 10.2 Å². The van der Waals surface area contributed by atoms with Gasteiger partial charge in [-0.25, -0.2) is 0 Å². The lowest BCUT2D eigenvalue weighted by Gasteiger charge is -2.12. The highest BCUT2D eigenvalue weighted by atomic mass is 32.2. The molecule has 25 heavy (non-hydrogen) atoms. The summed E-state index contributed by atoms with van der Waals surface area (Å²) >= 11 is 1.72. The largest absolute Gasteiger partial charge is 0.494 e. The molecule has 0 bridgehead atoms. The SMILES string of the molecule is CCOc1ccc(-n2c(Cc3ccccc3)nnc2SC(C)C)cc1. The van der Waals surface area contributed by atoms with E-state index in [0.29, 0.717) is 11.9 Å². The van der Waals surface area contributed by atoms with Crippen LogP contribution in [0.15, 0.2) is 59.8 Å². The van der Waals surface area contributed by atoms with Crippen molar-refractivity contribution in [1.29, 1.82) is 0 Å². The van der Waals surface area contributed by atoms with E-state index in [0.717, 1.165) is 28.8 Å². The molecule has 5 heteroatoms. The van der Waals surface area contributed by atoms with Crippen molar-refractivity contribution in [3.63, 3.8) is 0 Å². The van der Waals surface area contributed by atoms with Crippen LogP contribution in [0.4, 0.5) is 0 Å². The molecule has 1 heterocycles. The summed E-state index contributed by atoms with van der Waals surface area (Å²) in [6.07, 6.45) is 0.750. The summed E-state index contributed by atoms with van der Waals surface area (Å²) in [7, 11) is 0. The second kappa shape index (κ2) is 8.21. The van der Waals surface area contributed by atoms with Gasteiger partial charge >= 0.3 is 0 Å². The van der Waals surface area contributed by atoms with E-state index < -0.39 is 0 Å². The Bertz CT molecular complexity index is 798. The standard InChI is InChI=1S/C20H23N3OS/c1-4-24-18-12-10-17(11-13-18)23-19(14-16-8-6-5-7-9-16)21-22-20(23)25-15(2)3/h5-13,15H,4,14H2,1-3H3. The van der Waals surface area contributed by atoms with E-state index in [1.165, 1.54) is 5.56 Å². The third-order valence-corrected chi connectivity index (χ3v) is 4.60. The van der Waals surface area contributed by atoms with Gasteiger partial charge in [0, 0.05) is 17.4 Å². The summed E-state index contributed by atoms with van der Waals surface area (Å²) in [4.78, 5) is 0. The summed E-state index contributed by atoms with van der Waals surface area (Å²) in [5.74, 6) is 1.82. The zero-order valence-corrected chi connectivity index (χ0v) is 15.7. The van der Waals surface area contributed by atoms with Crippen LogP contribution in [0, 0.1) is 0 Å². The van der Waals surface area contributed by atoms with Gasteiger partial charge in [-0.05, 0) is 36.8 Å². The molecule has 3 rings (SSSR count). The maximum absolute atomic E-state index is 5.55. The number of rotatable bonds is 7. The molecule has 0 aliphatic heterocycles. The quantitative estimate of drug-likeness (QED) is 0.574. The van der Waals surface area contributed by atoms with Crippen LogP contribution >= 0.6 is 11.8 Å². The number of aromatic nitrogens is 3. The van der Waals surface area contributed by atoms with Crippen molar-refractivity contribution in [3.05, 3.63) is 66.0 Å². The third-order valence-electron chi connectivity index (χ3n) is 3.65. The molecule has 0 saturated carbocycles. The van der Waals surface area contributed by atoms with Crippen LogP contribution in [0.2, 0.25) is 0 Å². The molecule has 4 nitrogen and oxygen atoms in total.